The van der Waals surface area contributed by atoms with Gasteiger partial charge in [0.25, 0.3) is 0 Å². The second kappa shape index (κ2) is 8.65. The van der Waals surface area contributed by atoms with E-state index in [1.165, 1.54) is 6.08 Å². The lowest BCUT2D eigenvalue weighted by Crippen LogP contribution is -2.21. The van der Waals surface area contributed by atoms with E-state index in [4.69, 9.17) is 0 Å². The van der Waals surface area contributed by atoms with Gasteiger partial charge in [-0.15, -0.1) is 0 Å². The zero-order chi connectivity index (χ0) is 17.6. The number of allylic oxidation sites excluding steroid dienone is 1. The van der Waals surface area contributed by atoms with Crippen LogP contribution in [-0.4, -0.2) is 19.6 Å². The van der Waals surface area contributed by atoms with E-state index in [1.54, 1.807) is 19.1 Å². The van der Waals surface area contributed by atoms with Crippen molar-refractivity contribution in [2.24, 2.45) is 11.8 Å². The Bertz CT molecular complexity index is 611. The first-order valence-corrected chi connectivity index (χ1v) is 9.90. The standard InChI is InChI=1S/C19H30O3S/c1-6-7-8-18(14(2)3)19(13-16(5)20)23(21,22)17-11-9-15(4)10-12-17/h9-14,16,18,20H,6-8H2,1-5H3/b19-13-/t16-,18-/m1/s1. The Morgan fingerprint density at radius 1 is 1.17 bits per heavy atom. The summed E-state index contributed by atoms with van der Waals surface area (Å²) < 4.78 is 26.2. The van der Waals surface area contributed by atoms with Crippen molar-refractivity contribution in [3.8, 4) is 0 Å². The summed E-state index contributed by atoms with van der Waals surface area (Å²) in [6.07, 6.45) is 3.54. The first-order chi connectivity index (χ1) is 10.7. The van der Waals surface area contributed by atoms with Gasteiger partial charge in [0.2, 0.25) is 9.84 Å². The number of aliphatic hydroxyl groups is 1. The van der Waals surface area contributed by atoms with Crippen LogP contribution in [0.3, 0.4) is 0 Å². The van der Waals surface area contributed by atoms with Gasteiger partial charge in [-0.05, 0) is 50.3 Å². The maximum Gasteiger partial charge on any atom is 0.202 e. The predicted octanol–water partition coefficient (Wildman–Crippen LogP) is 4.50. The fourth-order valence-electron chi connectivity index (χ4n) is 2.73. The van der Waals surface area contributed by atoms with Crippen LogP contribution in [0.15, 0.2) is 40.1 Å². The van der Waals surface area contributed by atoms with Gasteiger partial charge in [-0.2, -0.15) is 0 Å². The van der Waals surface area contributed by atoms with Crippen LogP contribution in [0.25, 0.3) is 0 Å². The van der Waals surface area contributed by atoms with Gasteiger partial charge in [0.05, 0.1) is 15.9 Å². The molecule has 23 heavy (non-hydrogen) atoms. The van der Waals surface area contributed by atoms with Crippen molar-refractivity contribution >= 4 is 9.84 Å². The van der Waals surface area contributed by atoms with Crippen LogP contribution in [0.2, 0.25) is 0 Å². The van der Waals surface area contributed by atoms with Crippen molar-refractivity contribution < 1.29 is 13.5 Å². The number of aryl methyl sites for hydroxylation is 1. The Balaban J connectivity index is 3.36. The molecule has 1 aromatic rings. The Hall–Kier alpha value is -1.13. The Morgan fingerprint density at radius 2 is 1.74 bits per heavy atom. The van der Waals surface area contributed by atoms with Gasteiger partial charge in [-0.25, -0.2) is 8.42 Å². The summed E-state index contributed by atoms with van der Waals surface area (Å²) in [6, 6.07) is 6.92. The first kappa shape index (κ1) is 19.9. The fourth-order valence-corrected chi connectivity index (χ4v) is 4.66. The molecule has 0 amide bonds. The van der Waals surface area contributed by atoms with Crippen molar-refractivity contribution in [1.29, 1.82) is 0 Å². The SMILES string of the molecule is CCCC[C@@H](/C(=C/[C@@H](C)O)S(=O)(=O)c1ccc(C)cc1)C(C)C. The van der Waals surface area contributed by atoms with Crippen molar-refractivity contribution in [1.82, 2.24) is 0 Å². The molecule has 0 fully saturated rings. The predicted molar refractivity (Wildman–Crippen MR) is 96.0 cm³/mol. The second-order valence-electron chi connectivity index (χ2n) is 6.62. The number of hydrogen-bond donors (Lipinski definition) is 1. The monoisotopic (exact) mass is 338 g/mol. The number of rotatable bonds is 8. The van der Waals surface area contributed by atoms with E-state index in [0.29, 0.717) is 9.80 Å². The normalized spacial score (nSPS) is 15.7. The van der Waals surface area contributed by atoms with Crippen molar-refractivity contribution in [3.05, 3.63) is 40.8 Å². The van der Waals surface area contributed by atoms with Crippen LogP contribution in [-0.2, 0) is 9.84 Å². The molecule has 1 aromatic carbocycles. The average molecular weight is 339 g/mol. The third-order valence-electron chi connectivity index (χ3n) is 4.09. The maximum atomic E-state index is 13.1. The van der Waals surface area contributed by atoms with Crippen LogP contribution in [0.4, 0.5) is 0 Å². The molecule has 2 atom stereocenters. The van der Waals surface area contributed by atoms with Crippen LogP contribution >= 0.6 is 0 Å². The Labute approximate surface area is 141 Å². The van der Waals surface area contributed by atoms with Crippen LogP contribution in [0, 0.1) is 18.8 Å². The summed E-state index contributed by atoms with van der Waals surface area (Å²) in [4.78, 5) is 0.664. The highest BCUT2D eigenvalue weighted by molar-refractivity contribution is 7.95. The Morgan fingerprint density at radius 3 is 2.17 bits per heavy atom. The van der Waals surface area contributed by atoms with E-state index < -0.39 is 15.9 Å². The number of benzene rings is 1. The molecule has 0 saturated heterocycles. The molecule has 1 N–H and O–H groups in total. The fraction of sp³-hybridized carbons (Fsp3) is 0.579. The topological polar surface area (TPSA) is 54.4 Å². The molecule has 0 aliphatic heterocycles. The number of sulfone groups is 1. The smallest absolute Gasteiger partial charge is 0.202 e. The first-order valence-electron chi connectivity index (χ1n) is 8.41. The zero-order valence-corrected chi connectivity index (χ0v) is 15.7. The van der Waals surface area contributed by atoms with Crippen LogP contribution in [0.5, 0.6) is 0 Å². The number of aliphatic hydroxyl groups excluding tert-OH is 1. The summed E-state index contributed by atoms with van der Waals surface area (Å²) in [7, 11) is -3.59. The van der Waals surface area contributed by atoms with Crippen LogP contribution in [0.1, 0.15) is 52.5 Å². The molecule has 1 rings (SSSR count). The molecule has 4 heteroatoms. The molecule has 0 aliphatic carbocycles. The van der Waals surface area contributed by atoms with E-state index in [-0.39, 0.29) is 11.8 Å². The summed E-state index contributed by atoms with van der Waals surface area (Å²) in [5.74, 6) is 0.127. The molecular weight excluding hydrogens is 308 g/mol. The Kier molecular flexibility index (Phi) is 7.49. The van der Waals surface area contributed by atoms with Gasteiger partial charge in [-0.1, -0.05) is 51.3 Å². The highest BCUT2D eigenvalue weighted by atomic mass is 32.2. The molecule has 0 radical (unpaired) electrons. The lowest BCUT2D eigenvalue weighted by Gasteiger charge is -2.25. The number of unbranched alkanes of at least 4 members (excludes halogenated alkanes) is 1. The third-order valence-corrected chi connectivity index (χ3v) is 6.04. The van der Waals surface area contributed by atoms with Gasteiger partial charge in [0, 0.05) is 0 Å². The van der Waals surface area contributed by atoms with E-state index in [2.05, 4.69) is 6.92 Å². The zero-order valence-electron chi connectivity index (χ0n) is 14.9. The van der Waals surface area contributed by atoms with Crippen LogP contribution < -0.4 is 0 Å². The summed E-state index contributed by atoms with van der Waals surface area (Å²) >= 11 is 0. The highest BCUT2D eigenvalue weighted by Crippen LogP contribution is 2.34. The molecule has 0 aliphatic rings. The lowest BCUT2D eigenvalue weighted by atomic mass is 9.89. The minimum atomic E-state index is -3.59. The lowest BCUT2D eigenvalue weighted by molar-refractivity contribution is 0.241. The van der Waals surface area contributed by atoms with E-state index in [9.17, 15) is 13.5 Å². The summed E-state index contributed by atoms with van der Waals surface area (Å²) in [5, 5.41) is 9.79. The van der Waals surface area contributed by atoms with Gasteiger partial charge in [0.1, 0.15) is 0 Å². The van der Waals surface area contributed by atoms with Gasteiger partial charge in [-0.3, -0.25) is 0 Å². The quantitative estimate of drug-likeness (QED) is 0.759. The molecule has 130 valence electrons. The average Bonchev–Trinajstić information content (AvgIpc) is 2.46. The van der Waals surface area contributed by atoms with Gasteiger partial charge < -0.3 is 5.11 Å². The van der Waals surface area contributed by atoms with Crippen molar-refractivity contribution in [2.45, 2.75) is 64.9 Å². The molecule has 0 bridgehead atoms. The summed E-state index contributed by atoms with van der Waals surface area (Å²) in [6.45, 7) is 9.72. The van der Waals surface area contributed by atoms with E-state index in [1.807, 2.05) is 32.9 Å². The maximum absolute atomic E-state index is 13.1. The molecule has 0 heterocycles. The van der Waals surface area contributed by atoms with E-state index in [0.717, 1.165) is 24.8 Å². The highest BCUT2D eigenvalue weighted by Gasteiger charge is 2.30. The second-order valence-corrected chi connectivity index (χ2v) is 8.57. The van der Waals surface area contributed by atoms with E-state index >= 15 is 0 Å². The third kappa shape index (κ3) is 5.47. The largest absolute Gasteiger partial charge is 0.389 e. The number of hydrogen-bond acceptors (Lipinski definition) is 3. The van der Waals surface area contributed by atoms with Gasteiger partial charge >= 0.3 is 0 Å². The molecule has 3 nitrogen and oxygen atoms in total. The molecule has 0 saturated carbocycles. The molecule has 0 aromatic heterocycles. The van der Waals surface area contributed by atoms with Gasteiger partial charge in [0.15, 0.2) is 0 Å². The van der Waals surface area contributed by atoms with Crippen molar-refractivity contribution in [3.63, 3.8) is 0 Å². The molecular formula is C19H30O3S. The molecule has 0 unspecified atom stereocenters. The minimum Gasteiger partial charge on any atom is -0.389 e. The molecule has 0 spiro atoms. The summed E-state index contributed by atoms with van der Waals surface area (Å²) in [5.41, 5.74) is 1.02. The minimum absolute atomic E-state index is 0.0733. The van der Waals surface area contributed by atoms with Crippen molar-refractivity contribution in [2.75, 3.05) is 0 Å².